The molecule has 170 valence electrons. The van der Waals surface area contributed by atoms with Gasteiger partial charge in [-0.3, -0.25) is 9.59 Å². The molecule has 3 rings (SSSR count). The molecular formula is C23H39N3O4. The average Bonchev–Trinajstić information content (AvgIpc) is 3.21. The van der Waals surface area contributed by atoms with E-state index in [9.17, 15) is 14.4 Å². The third kappa shape index (κ3) is 6.11. The minimum atomic E-state index is -0.498. The summed E-state index contributed by atoms with van der Waals surface area (Å²) < 4.78 is 5.29. The maximum atomic E-state index is 13.2. The van der Waals surface area contributed by atoms with Crippen molar-refractivity contribution in [2.24, 2.45) is 11.8 Å². The molecule has 7 heteroatoms. The maximum absolute atomic E-state index is 13.2. The van der Waals surface area contributed by atoms with Gasteiger partial charge in [0.2, 0.25) is 11.8 Å². The molecule has 0 spiro atoms. The molecule has 1 unspecified atom stereocenters. The lowest BCUT2D eigenvalue weighted by atomic mass is 9.88. The third-order valence-electron chi connectivity index (χ3n) is 6.64. The van der Waals surface area contributed by atoms with E-state index in [1.54, 1.807) is 0 Å². The SMILES string of the molecule is CC(C)(C)OC(=O)NCC1CCN(C(=O)C2CCCN2C(=O)C2CCCCC2)CC1. The molecule has 3 fully saturated rings. The smallest absolute Gasteiger partial charge is 0.407 e. The summed E-state index contributed by atoms with van der Waals surface area (Å²) in [4.78, 5) is 41.8. The number of carbonyl (C=O) groups excluding carboxylic acids is 3. The van der Waals surface area contributed by atoms with E-state index in [0.717, 1.165) is 57.9 Å². The van der Waals surface area contributed by atoms with Gasteiger partial charge in [-0.1, -0.05) is 19.3 Å². The molecule has 1 N–H and O–H groups in total. The van der Waals surface area contributed by atoms with Crippen LogP contribution in [0.5, 0.6) is 0 Å². The van der Waals surface area contributed by atoms with Crippen LogP contribution in [0.25, 0.3) is 0 Å². The molecule has 0 radical (unpaired) electrons. The van der Waals surface area contributed by atoms with Crippen LogP contribution >= 0.6 is 0 Å². The first kappa shape index (κ1) is 22.9. The molecule has 2 saturated heterocycles. The second kappa shape index (κ2) is 10.0. The number of carbonyl (C=O) groups is 3. The minimum Gasteiger partial charge on any atom is -0.444 e. The molecule has 0 aromatic heterocycles. The molecule has 0 aromatic carbocycles. The van der Waals surface area contributed by atoms with E-state index < -0.39 is 5.60 Å². The summed E-state index contributed by atoms with van der Waals surface area (Å²) in [5, 5.41) is 2.85. The van der Waals surface area contributed by atoms with Crippen molar-refractivity contribution in [3.63, 3.8) is 0 Å². The van der Waals surface area contributed by atoms with Crippen LogP contribution in [0.4, 0.5) is 4.79 Å². The van der Waals surface area contributed by atoms with Crippen LogP contribution in [0.2, 0.25) is 0 Å². The number of hydrogen-bond acceptors (Lipinski definition) is 4. The highest BCUT2D eigenvalue weighted by Gasteiger charge is 2.39. The normalized spacial score (nSPS) is 24.0. The highest BCUT2D eigenvalue weighted by molar-refractivity contribution is 5.89. The van der Waals surface area contributed by atoms with Crippen molar-refractivity contribution in [2.75, 3.05) is 26.2 Å². The van der Waals surface area contributed by atoms with E-state index in [4.69, 9.17) is 4.74 Å². The van der Waals surface area contributed by atoms with Gasteiger partial charge < -0.3 is 19.9 Å². The number of nitrogens with zero attached hydrogens (tertiary/aromatic N) is 2. The third-order valence-corrected chi connectivity index (χ3v) is 6.64. The maximum Gasteiger partial charge on any atom is 0.407 e. The zero-order chi connectivity index (χ0) is 21.7. The van der Waals surface area contributed by atoms with Crippen molar-refractivity contribution in [3.05, 3.63) is 0 Å². The Hall–Kier alpha value is -1.79. The van der Waals surface area contributed by atoms with Crippen molar-refractivity contribution < 1.29 is 19.1 Å². The number of likely N-dealkylation sites (tertiary alicyclic amines) is 2. The quantitative estimate of drug-likeness (QED) is 0.755. The lowest BCUT2D eigenvalue weighted by Gasteiger charge is -2.36. The van der Waals surface area contributed by atoms with Gasteiger partial charge in [0.1, 0.15) is 11.6 Å². The predicted octanol–water partition coefficient (Wildman–Crippen LogP) is 3.32. The standard InChI is InChI=1S/C23H39N3O4/c1-23(2,3)30-22(29)24-16-17-11-14-25(15-12-17)21(28)19-10-7-13-26(19)20(27)18-8-5-4-6-9-18/h17-19H,4-16H2,1-3H3,(H,24,29). The topological polar surface area (TPSA) is 79.0 Å². The van der Waals surface area contributed by atoms with Crippen molar-refractivity contribution in [1.82, 2.24) is 15.1 Å². The first-order valence-corrected chi connectivity index (χ1v) is 11.8. The Morgan fingerprint density at radius 1 is 0.867 bits per heavy atom. The molecule has 1 atom stereocenters. The van der Waals surface area contributed by atoms with Crippen molar-refractivity contribution in [3.8, 4) is 0 Å². The Morgan fingerprint density at radius 2 is 1.53 bits per heavy atom. The van der Waals surface area contributed by atoms with Crippen molar-refractivity contribution in [2.45, 2.75) is 90.2 Å². The highest BCUT2D eigenvalue weighted by Crippen LogP contribution is 2.30. The fraction of sp³-hybridized carbons (Fsp3) is 0.870. The molecular weight excluding hydrogens is 382 g/mol. The van der Waals surface area contributed by atoms with Crippen LogP contribution in [0, 0.1) is 11.8 Å². The lowest BCUT2D eigenvalue weighted by molar-refractivity contribution is -0.147. The van der Waals surface area contributed by atoms with Gasteiger partial charge in [-0.2, -0.15) is 0 Å². The zero-order valence-corrected chi connectivity index (χ0v) is 19.0. The minimum absolute atomic E-state index is 0.121. The lowest BCUT2D eigenvalue weighted by Crippen LogP contribution is -2.51. The van der Waals surface area contributed by atoms with E-state index >= 15 is 0 Å². The summed E-state index contributed by atoms with van der Waals surface area (Å²) in [6.45, 7) is 8.24. The monoisotopic (exact) mass is 421 g/mol. The summed E-state index contributed by atoms with van der Waals surface area (Å²) in [6.07, 6.45) is 8.51. The molecule has 1 saturated carbocycles. The van der Waals surface area contributed by atoms with E-state index in [1.165, 1.54) is 6.42 Å². The van der Waals surface area contributed by atoms with Crippen LogP contribution in [0.3, 0.4) is 0 Å². The first-order valence-electron chi connectivity index (χ1n) is 11.8. The fourth-order valence-electron chi connectivity index (χ4n) is 4.98. The summed E-state index contributed by atoms with van der Waals surface area (Å²) in [6, 6.07) is -0.268. The molecule has 3 amide bonds. The van der Waals surface area contributed by atoms with Gasteiger partial charge in [0.15, 0.2) is 0 Å². The summed E-state index contributed by atoms with van der Waals surface area (Å²) in [5.74, 6) is 0.805. The van der Waals surface area contributed by atoms with Gasteiger partial charge in [-0.15, -0.1) is 0 Å². The fourth-order valence-corrected chi connectivity index (χ4v) is 4.98. The Balaban J connectivity index is 1.45. The number of rotatable bonds is 4. The number of hydrogen-bond donors (Lipinski definition) is 1. The van der Waals surface area contributed by atoms with Gasteiger partial charge in [0.25, 0.3) is 0 Å². The van der Waals surface area contributed by atoms with E-state index in [1.807, 2.05) is 30.6 Å². The van der Waals surface area contributed by atoms with E-state index in [2.05, 4.69) is 5.32 Å². The molecule has 2 heterocycles. The number of nitrogens with one attached hydrogen (secondary N) is 1. The molecule has 1 aliphatic carbocycles. The van der Waals surface area contributed by atoms with Crippen LogP contribution in [-0.2, 0) is 14.3 Å². The van der Waals surface area contributed by atoms with Crippen LogP contribution < -0.4 is 5.32 Å². The summed E-state index contributed by atoms with van der Waals surface area (Å²) in [7, 11) is 0. The van der Waals surface area contributed by atoms with Gasteiger partial charge in [-0.25, -0.2) is 4.79 Å². The Bertz CT molecular complexity index is 616. The molecule has 2 aliphatic heterocycles. The number of ether oxygens (including phenoxy) is 1. The Labute approximate surface area is 180 Å². The molecule has 0 bridgehead atoms. The summed E-state index contributed by atoms with van der Waals surface area (Å²) >= 11 is 0. The molecule has 7 nitrogen and oxygen atoms in total. The molecule has 3 aliphatic rings. The van der Waals surface area contributed by atoms with Crippen molar-refractivity contribution >= 4 is 17.9 Å². The van der Waals surface area contributed by atoms with E-state index in [-0.39, 0.29) is 29.9 Å². The van der Waals surface area contributed by atoms with Gasteiger partial charge in [0.05, 0.1) is 0 Å². The number of alkyl carbamates (subject to hydrolysis) is 1. The average molecular weight is 422 g/mol. The van der Waals surface area contributed by atoms with Crippen molar-refractivity contribution in [1.29, 1.82) is 0 Å². The predicted molar refractivity (Wildman–Crippen MR) is 115 cm³/mol. The zero-order valence-electron chi connectivity index (χ0n) is 19.0. The molecule has 0 aromatic rings. The second-order valence-corrected chi connectivity index (χ2v) is 10.2. The number of piperidine rings is 1. The van der Waals surface area contributed by atoms with Gasteiger partial charge in [0, 0.05) is 32.1 Å². The Kier molecular flexibility index (Phi) is 7.64. The van der Waals surface area contributed by atoms with Crippen LogP contribution in [-0.4, -0.2) is 65.5 Å². The van der Waals surface area contributed by atoms with Gasteiger partial charge >= 0.3 is 6.09 Å². The second-order valence-electron chi connectivity index (χ2n) is 10.2. The van der Waals surface area contributed by atoms with E-state index in [0.29, 0.717) is 25.6 Å². The Morgan fingerprint density at radius 3 is 2.17 bits per heavy atom. The van der Waals surface area contributed by atoms with Crippen LogP contribution in [0.1, 0.15) is 78.6 Å². The summed E-state index contributed by atoms with van der Waals surface area (Å²) in [5.41, 5.74) is -0.498. The molecule has 30 heavy (non-hydrogen) atoms. The first-order chi connectivity index (χ1) is 14.2. The highest BCUT2D eigenvalue weighted by atomic mass is 16.6. The van der Waals surface area contributed by atoms with Gasteiger partial charge in [-0.05, 0) is 65.2 Å². The number of amides is 3. The van der Waals surface area contributed by atoms with Crippen LogP contribution in [0.15, 0.2) is 0 Å². The largest absolute Gasteiger partial charge is 0.444 e.